The minimum absolute atomic E-state index is 1.29. The van der Waals surface area contributed by atoms with Crippen LogP contribution in [0.3, 0.4) is 0 Å². The van der Waals surface area contributed by atoms with Gasteiger partial charge in [-0.1, -0.05) is 54.6 Å². The minimum atomic E-state index is 1.29. The Morgan fingerprint density at radius 3 is 2.18 bits per heavy atom. The molecular formula is C17H18. The molecule has 0 saturated heterocycles. The van der Waals surface area contributed by atoms with Crippen molar-refractivity contribution in [2.75, 3.05) is 0 Å². The summed E-state index contributed by atoms with van der Waals surface area (Å²) in [7, 11) is 0. The molecule has 2 aromatic rings. The van der Waals surface area contributed by atoms with Crippen LogP contribution in [-0.4, -0.2) is 0 Å². The first-order chi connectivity index (χ1) is 8.22. The van der Waals surface area contributed by atoms with Crippen LogP contribution in [-0.2, 0) is 0 Å². The van der Waals surface area contributed by atoms with Crippen molar-refractivity contribution in [1.29, 1.82) is 0 Å². The molecule has 0 saturated carbocycles. The molecule has 2 aromatic carbocycles. The quantitative estimate of drug-likeness (QED) is 0.664. The Labute approximate surface area is 104 Å². The van der Waals surface area contributed by atoms with E-state index in [1.807, 2.05) is 0 Å². The summed E-state index contributed by atoms with van der Waals surface area (Å²) in [5, 5.41) is 0. The van der Waals surface area contributed by atoms with Gasteiger partial charge in [-0.15, -0.1) is 0 Å². The molecule has 0 radical (unpaired) electrons. The lowest BCUT2D eigenvalue weighted by atomic mass is 9.98. The molecular weight excluding hydrogens is 204 g/mol. The molecule has 0 heteroatoms. The monoisotopic (exact) mass is 222 g/mol. The second-order valence-electron chi connectivity index (χ2n) is 4.36. The van der Waals surface area contributed by atoms with Crippen molar-refractivity contribution in [2.24, 2.45) is 0 Å². The first-order valence-corrected chi connectivity index (χ1v) is 6.01. The standard InChI is InChI=1S/C17H18/c1-4-13(2)15-9-11-16(12-10-15)17-8-6-5-7-14(17)3/h4-12H,1-3H3/b13-4+. The van der Waals surface area contributed by atoms with Crippen molar-refractivity contribution in [1.82, 2.24) is 0 Å². The maximum absolute atomic E-state index is 2.20. The van der Waals surface area contributed by atoms with Crippen LogP contribution in [0.5, 0.6) is 0 Å². The van der Waals surface area contributed by atoms with Crippen molar-refractivity contribution in [3.8, 4) is 11.1 Å². The maximum Gasteiger partial charge on any atom is -0.0155 e. The van der Waals surface area contributed by atoms with Crippen LogP contribution in [0, 0.1) is 6.92 Å². The summed E-state index contributed by atoms with van der Waals surface area (Å²) in [6.45, 7) is 6.37. The molecule has 0 fully saturated rings. The Bertz CT molecular complexity index is 530. The Hall–Kier alpha value is -1.82. The highest BCUT2D eigenvalue weighted by Gasteiger charge is 2.01. The molecule has 0 atom stereocenters. The summed E-state index contributed by atoms with van der Waals surface area (Å²) in [6.07, 6.45) is 2.14. The molecule has 0 amide bonds. The zero-order chi connectivity index (χ0) is 12.3. The number of rotatable bonds is 2. The van der Waals surface area contributed by atoms with Gasteiger partial charge >= 0.3 is 0 Å². The van der Waals surface area contributed by atoms with E-state index in [9.17, 15) is 0 Å². The van der Waals surface area contributed by atoms with Crippen molar-refractivity contribution in [2.45, 2.75) is 20.8 Å². The fraction of sp³-hybridized carbons (Fsp3) is 0.176. The lowest BCUT2D eigenvalue weighted by Gasteiger charge is -2.07. The third kappa shape index (κ3) is 2.47. The Kier molecular flexibility index (Phi) is 3.43. The molecule has 0 heterocycles. The summed E-state index contributed by atoms with van der Waals surface area (Å²) in [5.74, 6) is 0. The van der Waals surface area contributed by atoms with E-state index in [4.69, 9.17) is 0 Å². The molecule has 0 aliphatic heterocycles. The fourth-order valence-electron chi connectivity index (χ4n) is 1.98. The molecule has 0 N–H and O–H groups in total. The summed E-state index contributed by atoms with van der Waals surface area (Å²) < 4.78 is 0. The lowest BCUT2D eigenvalue weighted by molar-refractivity contribution is 1.45. The first kappa shape index (κ1) is 11.7. The summed E-state index contributed by atoms with van der Waals surface area (Å²) in [4.78, 5) is 0. The molecule has 0 aromatic heterocycles. The minimum Gasteiger partial charge on any atom is -0.0841 e. The predicted octanol–water partition coefficient (Wildman–Crippen LogP) is 5.09. The molecule has 0 bridgehead atoms. The number of allylic oxidation sites excluding steroid dienone is 2. The van der Waals surface area contributed by atoms with E-state index in [0.29, 0.717) is 0 Å². The molecule has 0 nitrogen and oxygen atoms in total. The summed E-state index contributed by atoms with van der Waals surface area (Å²) in [5.41, 5.74) is 6.54. The van der Waals surface area contributed by atoms with Gasteiger partial charge in [0.05, 0.1) is 0 Å². The number of benzene rings is 2. The normalized spacial score (nSPS) is 11.6. The number of hydrogen-bond acceptors (Lipinski definition) is 0. The van der Waals surface area contributed by atoms with E-state index < -0.39 is 0 Å². The van der Waals surface area contributed by atoms with E-state index in [1.54, 1.807) is 0 Å². The van der Waals surface area contributed by atoms with Gasteiger partial charge in [0.25, 0.3) is 0 Å². The molecule has 0 aliphatic carbocycles. The highest BCUT2D eigenvalue weighted by atomic mass is 14.1. The zero-order valence-corrected chi connectivity index (χ0v) is 10.7. The van der Waals surface area contributed by atoms with E-state index in [-0.39, 0.29) is 0 Å². The molecule has 0 spiro atoms. The van der Waals surface area contributed by atoms with Crippen LogP contribution in [0.4, 0.5) is 0 Å². The summed E-state index contributed by atoms with van der Waals surface area (Å²) in [6, 6.07) is 17.3. The Morgan fingerprint density at radius 2 is 1.59 bits per heavy atom. The largest absolute Gasteiger partial charge is 0.0841 e. The number of aryl methyl sites for hydroxylation is 1. The van der Waals surface area contributed by atoms with Crippen molar-refractivity contribution < 1.29 is 0 Å². The van der Waals surface area contributed by atoms with Gasteiger partial charge in [0.15, 0.2) is 0 Å². The van der Waals surface area contributed by atoms with Crippen molar-refractivity contribution in [3.63, 3.8) is 0 Å². The van der Waals surface area contributed by atoms with Gasteiger partial charge in [0.1, 0.15) is 0 Å². The number of hydrogen-bond donors (Lipinski definition) is 0. The van der Waals surface area contributed by atoms with Gasteiger partial charge in [0, 0.05) is 0 Å². The van der Waals surface area contributed by atoms with E-state index >= 15 is 0 Å². The average molecular weight is 222 g/mol. The topological polar surface area (TPSA) is 0 Å². The Morgan fingerprint density at radius 1 is 0.941 bits per heavy atom. The molecule has 86 valence electrons. The second kappa shape index (κ2) is 5.01. The van der Waals surface area contributed by atoms with Crippen LogP contribution in [0.1, 0.15) is 25.0 Å². The molecule has 0 aliphatic rings. The van der Waals surface area contributed by atoms with Crippen molar-refractivity contribution >= 4 is 5.57 Å². The van der Waals surface area contributed by atoms with Crippen LogP contribution in [0.25, 0.3) is 16.7 Å². The third-order valence-electron chi connectivity index (χ3n) is 3.23. The summed E-state index contributed by atoms with van der Waals surface area (Å²) >= 11 is 0. The second-order valence-corrected chi connectivity index (χ2v) is 4.36. The maximum atomic E-state index is 2.20. The first-order valence-electron chi connectivity index (χ1n) is 6.01. The lowest BCUT2D eigenvalue weighted by Crippen LogP contribution is -1.84. The van der Waals surface area contributed by atoms with Gasteiger partial charge in [-0.2, -0.15) is 0 Å². The average Bonchev–Trinajstić information content (AvgIpc) is 2.39. The predicted molar refractivity (Wildman–Crippen MR) is 75.9 cm³/mol. The van der Waals surface area contributed by atoms with Crippen molar-refractivity contribution in [3.05, 3.63) is 65.7 Å². The third-order valence-corrected chi connectivity index (χ3v) is 3.23. The van der Waals surface area contributed by atoms with E-state index in [2.05, 4.69) is 75.4 Å². The van der Waals surface area contributed by atoms with Gasteiger partial charge < -0.3 is 0 Å². The smallest absolute Gasteiger partial charge is 0.0155 e. The van der Waals surface area contributed by atoms with Gasteiger partial charge in [-0.3, -0.25) is 0 Å². The van der Waals surface area contributed by atoms with Gasteiger partial charge in [-0.25, -0.2) is 0 Å². The van der Waals surface area contributed by atoms with Crippen LogP contribution in [0.2, 0.25) is 0 Å². The SMILES string of the molecule is C/C=C(\C)c1ccc(-c2ccccc2C)cc1. The van der Waals surface area contributed by atoms with Gasteiger partial charge in [0.2, 0.25) is 0 Å². The van der Waals surface area contributed by atoms with Crippen LogP contribution >= 0.6 is 0 Å². The molecule has 0 unspecified atom stereocenters. The highest BCUT2D eigenvalue weighted by molar-refractivity contribution is 5.71. The zero-order valence-electron chi connectivity index (χ0n) is 10.7. The Balaban J connectivity index is 2.40. The van der Waals surface area contributed by atoms with E-state index in [0.717, 1.165) is 0 Å². The van der Waals surface area contributed by atoms with Gasteiger partial charge in [-0.05, 0) is 48.6 Å². The fourth-order valence-corrected chi connectivity index (χ4v) is 1.98. The highest BCUT2D eigenvalue weighted by Crippen LogP contribution is 2.24. The molecule has 17 heavy (non-hydrogen) atoms. The van der Waals surface area contributed by atoms with Crippen LogP contribution in [0.15, 0.2) is 54.6 Å². The van der Waals surface area contributed by atoms with Crippen LogP contribution < -0.4 is 0 Å². The van der Waals surface area contributed by atoms with E-state index in [1.165, 1.54) is 27.8 Å². The molecule has 2 rings (SSSR count).